The third-order valence-corrected chi connectivity index (χ3v) is 6.69. The Hall–Kier alpha value is -1.43. The summed E-state index contributed by atoms with van der Waals surface area (Å²) in [7, 11) is 0. The molecule has 1 aliphatic carbocycles. The molecule has 4 rings (SSSR count). The van der Waals surface area contributed by atoms with Gasteiger partial charge < -0.3 is 9.84 Å². The van der Waals surface area contributed by atoms with Crippen LogP contribution in [-0.4, -0.2) is 60.3 Å². The summed E-state index contributed by atoms with van der Waals surface area (Å²) in [5.74, 6) is 0. The van der Waals surface area contributed by atoms with Gasteiger partial charge in [-0.1, -0.05) is 60.8 Å². The number of benzene rings is 2. The summed E-state index contributed by atoms with van der Waals surface area (Å²) in [5, 5.41) is 9.89. The minimum Gasteiger partial charge on any atom is -0.395 e. The van der Waals surface area contributed by atoms with Gasteiger partial charge in [0.15, 0.2) is 0 Å². The van der Waals surface area contributed by atoms with E-state index in [0.717, 1.165) is 55.4 Å². The standard InChI is InChI=1S/C25H33ClN2O2/c26-25-17-21(18-28-13-11-27(12-14-28)15-16-29)7-10-24(25)22-8-5-20(6-9-22)19-30-23-3-1-2-4-23/h5-10,17,23,29H,1-4,11-16,18-19H2. The van der Waals surface area contributed by atoms with Crippen molar-refractivity contribution in [2.75, 3.05) is 39.3 Å². The Morgan fingerprint density at radius 1 is 0.900 bits per heavy atom. The third kappa shape index (κ3) is 5.83. The maximum Gasteiger partial charge on any atom is 0.0720 e. The predicted molar refractivity (Wildman–Crippen MR) is 123 cm³/mol. The van der Waals surface area contributed by atoms with E-state index in [2.05, 4.69) is 52.3 Å². The fourth-order valence-corrected chi connectivity index (χ4v) is 4.82. The van der Waals surface area contributed by atoms with Crippen molar-refractivity contribution in [3.05, 3.63) is 58.6 Å². The van der Waals surface area contributed by atoms with E-state index >= 15 is 0 Å². The molecule has 0 bridgehead atoms. The lowest BCUT2D eigenvalue weighted by Gasteiger charge is -2.34. The average molecular weight is 429 g/mol. The van der Waals surface area contributed by atoms with E-state index in [9.17, 15) is 0 Å². The van der Waals surface area contributed by atoms with Gasteiger partial charge in [-0.2, -0.15) is 0 Å². The lowest BCUT2D eigenvalue weighted by atomic mass is 10.0. The van der Waals surface area contributed by atoms with E-state index in [-0.39, 0.29) is 6.61 Å². The number of aliphatic hydroxyl groups is 1. The largest absolute Gasteiger partial charge is 0.395 e. The Morgan fingerprint density at radius 2 is 1.57 bits per heavy atom. The summed E-state index contributed by atoms with van der Waals surface area (Å²) in [6.07, 6.45) is 5.47. The van der Waals surface area contributed by atoms with Gasteiger partial charge in [-0.25, -0.2) is 0 Å². The zero-order valence-corrected chi connectivity index (χ0v) is 18.5. The number of piperazine rings is 1. The van der Waals surface area contributed by atoms with Gasteiger partial charge in [0.2, 0.25) is 0 Å². The van der Waals surface area contributed by atoms with Gasteiger partial charge in [-0.05, 0) is 35.6 Å². The minimum absolute atomic E-state index is 0.242. The first-order chi connectivity index (χ1) is 14.7. The van der Waals surface area contributed by atoms with Gasteiger partial charge in [-0.15, -0.1) is 0 Å². The summed E-state index contributed by atoms with van der Waals surface area (Å²) in [4.78, 5) is 4.77. The van der Waals surface area contributed by atoms with Crippen molar-refractivity contribution in [2.45, 2.75) is 44.9 Å². The van der Waals surface area contributed by atoms with Gasteiger partial charge >= 0.3 is 0 Å². The van der Waals surface area contributed by atoms with Crippen LogP contribution in [0.5, 0.6) is 0 Å². The second-order valence-corrected chi connectivity index (χ2v) is 8.98. The van der Waals surface area contributed by atoms with Crippen molar-refractivity contribution in [1.82, 2.24) is 9.80 Å². The van der Waals surface area contributed by atoms with Crippen LogP contribution in [0.15, 0.2) is 42.5 Å². The Morgan fingerprint density at radius 3 is 2.23 bits per heavy atom. The van der Waals surface area contributed by atoms with Crippen molar-refractivity contribution in [3.63, 3.8) is 0 Å². The summed E-state index contributed by atoms with van der Waals surface area (Å²) < 4.78 is 6.02. The van der Waals surface area contributed by atoms with Crippen LogP contribution in [0.4, 0.5) is 0 Å². The van der Waals surface area contributed by atoms with Gasteiger partial charge in [-0.3, -0.25) is 9.80 Å². The molecular weight excluding hydrogens is 396 g/mol. The van der Waals surface area contributed by atoms with Gasteiger partial charge in [0.05, 0.1) is 19.3 Å². The molecule has 1 N–H and O–H groups in total. The highest BCUT2D eigenvalue weighted by molar-refractivity contribution is 6.33. The molecule has 2 fully saturated rings. The number of ether oxygens (including phenoxy) is 1. The number of hydrogen-bond acceptors (Lipinski definition) is 4. The molecule has 4 nitrogen and oxygen atoms in total. The molecule has 0 unspecified atom stereocenters. The molecule has 1 aliphatic heterocycles. The molecule has 162 valence electrons. The van der Waals surface area contributed by atoms with Crippen LogP contribution in [0.2, 0.25) is 5.02 Å². The van der Waals surface area contributed by atoms with E-state index in [1.165, 1.54) is 36.8 Å². The summed E-state index contributed by atoms with van der Waals surface area (Å²) in [6.45, 7) is 6.74. The number of hydrogen-bond donors (Lipinski definition) is 1. The Labute approximate surface area is 185 Å². The van der Waals surface area contributed by atoms with Crippen molar-refractivity contribution < 1.29 is 9.84 Å². The Kier molecular flexibility index (Phi) is 7.80. The van der Waals surface area contributed by atoms with Crippen LogP contribution in [0.25, 0.3) is 11.1 Å². The van der Waals surface area contributed by atoms with Crippen molar-refractivity contribution in [1.29, 1.82) is 0 Å². The van der Waals surface area contributed by atoms with E-state index in [1.807, 2.05) is 0 Å². The first-order valence-corrected chi connectivity index (χ1v) is 11.6. The fourth-order valence-electron chi connectivity index (χ4n) is 4.51. The molecule has 0 spiro atoms. The van der Waals surface area contributed by atoms with E-state index < -0.39 is 0 Å². The van der Waals surface area contributed by atoms with Crippen molar-refractivity contribution in [3.8, 4) is 11.1 Å². The minimum atomic E-state index is 0.242. The molecular formula is C25H33ClN2O2. The molecule has 0 atom stereocenters. The number of nitrogens with zero attached hydrogens (tertiary/aromatic N) is 2. The zero-order chi connectivity index (χ0) is 20.8. The molecule has 0 radical (unpaired) electrons. The summed E-state index contributed by atoms with van der Waals surface area (Å²) in [6, 6.07) is 15.0. The fraction of sp³-hybridized carbons (Fsp3) is 0.520. The van der Waals surface area contributed by atoms with Crippen molar-refractivity contribution >= 4 is 11.6 Å². The maximum absolute atomic E-state index is 9.08. The third-order valence-electron chi connectivity index (χ3n) is 6.37. The monoisotopic (exact) mass is 428 g/mol. The molecule has 1 saturated carbocycles. The molecule has 0 aromatic heterocycles. The lowest BCUT2D eigenvalue weighted by molar-refractivity contribution is 0.0457. The molecule has 0 amide bonds. The quantitative estimate of drug-likeness (QED) is 0.667. The number of β-amino-alcohol motifs (C(OH)–C–C–N with tert-alkyl or cyclic N) is 1. The van der Waals surface area contributed by atoms with E-state index in [0.29, 0.717) is 12.7 Å². The van der Waals surface area contributed by atoms with Crippen LogP contribution in [0.1, 0.15) is 36.8 Å². The highest BCUT2D eigenvalue weighted by Gasteiger charge is 2.17. The molecule has 1 saturated heterocycles. The highest BCUT2D eigenvalue weighted by atomic mass is 35.5. The van der Waals surface area contributed by atoms with Crippen LogP contribution in [-0.2, 0) is 17.9 Å². The predicted octanol–water partition coefficient (Wildman–Crippen LogP) is 4.58. The van der Waals surface area contributed by atoms with Crippen LogP contribution >= 0.6 is 11.6 Å². The number of rotatable bonds is 8. The normalized spacial score (nSPS) is 18.9. The lowest BCUT2D eigenvalue weighted by Crippen LogP contribution is -2.46. The molecule has 2 aromatic carbocycles. The molecule has 2 aliphatic rings. The van der Waals surface area contributed by atoms with Crippen LogP contribution in [0, 0.1) is 0 Å². The molecule has 5 heteroatoms. The molecule has 1 heterocycles. The van der Waals surface area contributed by atoms with E-state index in [4.69, 9.17) is 21.4 Å². The van der Waals surface area contributed by atoms with Gasteiger partial charge in [0.25, 0.3) is 0 Å². The second kappa shape index (κ2) is 10.7. The number of halogens is 1. The van der Waals surface area contributed by atoms with Crippen LogP contribution in [0.3, 0.4) is 0 Å². The SMILES string of the molecule is OCCN1CCN(Cc2ccc(-c3ccc(COC4CCCC4)cc3)c(Cl)c2)CC1. The Bertz CT molecular complexity index is 797. The first-order valence-electron chi connectivity index (χ1n) is 11.3. The van der Waals surface area contributed by atoms with E-state index in [1.54, 1.807) is 0 Å². The second-order valence-electron chi connectivity index (χ2n) is 8.57. The first kappa shape index (κ1) is 21.8. The zero-order valence-electron chi connectivity index (χ0n) is 17.7. The maximum atomic E-state index is 9.08. The summed E-state index contributed by atoms with van der Waals surface area (Å²) in [5.41, 5.74) is 4.70. The molecule has 30 heavy (non-hydrogen) atoms. The number of aliphatic hydroxyl groups excluding tert-OH is 1. The highest BCUT2D eigenvalue weighted by Crippen LogP contribution is 2.30. The smallest absolute Gasteiger partial charge is 0.0720 e. The Balaban J connectivity index is 1.32. The van der Waals surface area contributed by atoms with Gasteiger partial charge in [0.1, 0.15) is 0 Å². The summed E-state index contributed by atoms with van der Waals surface area (Å²) >= 11 is 6.65. The topological polar surface area (TPSA) is 35.9 Å². The van der Waals surface area contributed by atoms with Crippen LogP contribution < -0.4 is 0 Å². The average Bonchev–Trinajstić information content (AvgIpc) is 3.28. The molecule has 2 aromatic rings. The van der Waals surface area contributed by atoms with Crippen molar-refractivity contribution in [2.24, 2.45) is 0 Å². The van der Waals surface area contributed by atoms with Gasteiger partial charge in [0, 0.05) is 49.9 Å².